The Labute approximate surface area is 97.5 Å². The third-order valence-corrected chi connectivity index (χ3v) is 1.99. The molecule has 0 aliphatic rings. The van der Waals surface area contributed by atoms with Crippen LogP contribution >= 0.6 is 0 Å². The average Bonchev–Trinajstić information content (AvgIpc) is 2.26. The van der Waals surface area contributed by atoms with E-state index < -0.39 is 4.92 Å². The number of rotatable bonds is 4. The summed E-state index contributed by atoms with van der Waals surface area (Å²) in [6, 6.07) is 2.68. The lowest BCUT2D eigenvalue weighted by molar-refractivity contribution is -0.385. The molecular formula is C10H12N2O5. The van der Waals surface area contributed by atoms with Crippen LogP contribution in [0.15, 0.2) is 12.1 Å². The highest BCUT2D eigenvalue weighted by Crippen LogP contribution is 2.38. The van der Waals surface area contributed by atoms with Crippen LogP contribution in [-0.4, -0.2) is 25.1 Å². The number of carbonyl (C=O) groups is 1. The SMILES string of the molecule is COc1cc(NC(C)=O)c(OC)c([N+](=O)[O-])c1. The summed E-state index contributed by atoms with van der Waals surface area (Å²) in [4.78, 5) is 21.2. The number of ether oxygens (including phenoxy) is 2. The normalized spacial score (nSPS) is 9.59. The number of anilines is 1. The molecule has 0 spiro atoms. The molecule has 0 unspecified atom stereocenters. The summed E-state index contributed by atoms with van der Waals surface area (Å²) < 4.78 is 9.84. The smallest absolute Gasteiger partial charge is 0.316 e. The maximum atomic E-state index is 11.0. The van der Waals surface area contributed by atoms with E-state index in [1.54, 1.807) is 0 Å². The van der Waals surface area contributed by atoms with Crippen molar-refractivity contribution < 1.29 is 19.2 Å². The molecular weight excluding hydrogens is 228 g/mol. The number of nitrogens with zero attached hydrogens (tertiary/aromatic N) is 1. The number of hydrogen-bond donors (Lipinski definition) is 1. The number of carbonyl (C=O) groups excluding carboxylic acids is 1. The number of nitrogens with one attached hydrogen (secondary N) is 1. The molecule has 7 nitrogen and oxygen atoms in total. The first-order valence-electron chi connectivity index (χ1n) is 4.67. The third kappa shape index (κ3) is 2.83. The number of hydrogen-bond acceptors (Lipinski definition) is 5. The van der Waals surface area contributed by atoms with Crippen molar-refractivity contribution in [3.05, 3.63) is 22.2 Å². The Kier molecular flexibility index (Phi) is 3.86. The van der Waals surface area contributed by atoms with Gasteiger partial charge in [-0.05, 0) is 0 Å². The highest BCUT2D eigenvalue weighted by molar-refractivity contribution is 5.92. The molecule has 17 heavy (non-hydrogen) atoms. The van der Waals surface area contributed by atoms with Gasteiger partial charge in [-0.2, -0.15) is 0 Å². The summed E-state index contributed by atoms with van der Waals surface area (Å²) in [5.74, 6) is -0.0990. The van der Waals surface area contributed by atoms with Gasteiger partial charge in [0, 0.05) is 13.0 Å². The van der Waals surface area contributed by atoms with Crippen LogP contribution in [0, 0.1) is 10.1 Å². The summed E-state index contributed by atoms with van der Waals surface area (Å²) >= 11 is 0. The van der Waals surface area contributed by atoms with Crippen LogP contribution < -0.4 is 14.8 Å². The van der Waals surface area contributed by atoms with E-state index in [0.29, 0.717) is 0 Å². The summed E-state index contributed by atoms with van der Waals surface area (Å²) in [5.41, 5.74) is -0.0679. The molecule has 0 fully saturated rings. The first-order valence-corrected chi connectivity index (χ1v) is 4.67. The fourth-order valence-electron chi connectivity index (χ4n) is 1.34. The lowest BCUT2D eigenvalue weighted by Gasteiger charge is -2.11. The van der Waals surface area contributed by atoms with Crippen molar-refractivity contribution in [2.24, 2.45) is 0 Å². The maximum Gasteiger partial charge on any atom is 0.316 e. The van der Waals surface area contributed by atoms with Gasteiger partial charge in [-0.3, -0.25) is 14.9 Å². The van der Waals surface area contributed by atoms with Crippen molar-refractivity contribution in [1.82, 2.24) is 0 Å². The first-order chi connectivity index (χ1) is 7.99. The second-order valence-electron chi connectivity index (χ2n) is 3.17. The highest BCUT2D eigenvalue weighted by Gasteiger charge is 2.21. The maximum absolute atomic E-state index is 11.0. The summed E-state index contributed by atoms with van der Waals surface area (Å²) in [7, 11) is 2.67. The third-order valence-electron chi connectivity index (χ3n) is 1.99. The molecule has 0 saturated heterocycles. The Balaban J connectivity index is 3.38. The van der Waals surface area contributed by atoms with E-state index in [2.05, 4.69) is 5.32 Å². The van der Waals surface area contributed by atoms with Crippen LogP contribution in [0.5, 0.6) is 11.5 Å². The number of methoxy groups -OCH3 is 2. The Hall–Kier alpha value is -2.31. The van der Waals surface area contributed by atoms with Crippen LogP contribution in [0.1, 0.15) is 6.92 Å². The molecule has 1 aromatic carbocycles. The topological polar surface area (TPSA) is 90.7 Å². The Morgan fingerprint density at radius 1 is 1.35 bits per heavy atom. The number of benzene rings is 1. The zero-order chi connectivity index (χ0) is 13.0. The second-order valence-corrected chi connectivity index (χ2v) is 3.17. The fraction of sp³-hybridized carbons (Fsp3) is 0.300. The van der Waals surface area contributed by atoms with Crippen molar-refractivity contribution in [2.45, 2.75) is 6.92 Å². The predicted molar refractivity (Wildman–Crippen MR) is 60.5 cm³/mol. The summed E-state index contributed by atoms with van der Waals surface area (Å²) in [5, 5.41) is 13.3. The fourth-order valence-corrected chi connectivity index (χ4v) is 1.34. The van der Waals surface area contributed by atoms with Crippen LogP contribution in [0.3, 0.4) is 0 Å². The molecule has 0 aliphatic carbocycles. The van der Waals surface area contributed by atoms with Gasteiger partial charge in [0.15, 0.2) is 0 Å². The molecule has 1 rings (SSSR count). The highest BCUT2D eigenvalue weighted by atomic mass is 16.6. The minimum atomic E-state index is -0.604. The average molecular weight is 240 g/mol. The quantitative estimate of drug-likeness (QED) is 0.637. The molecule has 1 aromatic rings. The molecule has 1 N–H and O–H groups in total. The molecule has 92 valence electrons. The van der Waals surface area contributed by atoms with Crippen molar-refractivity contribution in [3.63, 3.8) is 0 Å². The number of nitro benzene ring substituents is 1. The van der Waals surface area contributed by atoms with Crippen molar-refractivity contribution in [2.75, 3.05) is 19.5 Å². The summed E-state index contributed by atoms with van der Waals surface area (Å²) in [6.45, 7) is 1.30. The van der Waals surface area contributed by atoms with Crippen molar-refractivity contribution in [1.29, 1.82) is 0 Å². The molecule has 0 radical (unpaired) electrons. The Bertz CT molecular complexity index is 458. The molecule has 0 aliphatic heterocycles. The van der Waals surface area contributed by atoms with Gasteiger partial charge in [-0.15, -0.1) is 0 Å². The molecule has 0 heterocycles. The van der Waals surface area contributed by atoms with E-state index in [9.17, 15) is 14.9 Å². The zero-order valence-corrected chi connectivity index (χ0v) is 9.64. The number of amides is 1. The second kappa shape index (κ2) is 5.15. The number of nitro groups is 1. The van der Waals surface area contributed by atoms with Gasteiger partial charge in [0.05, 0.1) is 30.9 Å². The monoisotopic (exact) mass is 240 g/mol. The van der Waals surface area contributed by atoms with E-state index >= 15 is 0 Å². The first kappa shape index (κ1) is 12.8. The molecule has 7 heteroatoms. The Morgan fingerprint density at radius 2 is 2.00 bits per heavy atom. The standard InChI is InChI=1S/C10H12N2O5/c1-6(13)11-8-4-7(16-2)5-9(12(14)15)10(8)17-3/h4-5H,1-3H3,(H,11,13). The van der Waals surface area contributed by atoms with Crippen LogP contribution in [0.2, 0.25) is 0 Å². The summed E-state index contributed by atoms with van der Waals surface area (Å²) in [6.07, 6.45) is 0. The molecule has 0 atom stereocenters. The van der Waals surface area contributed by atoms with E-state index in [-0.39, 0.29) is 28.8 Å². The zero-order valence-electron chi connectivity index (χ0n) is 9.64. The minimum absolute atomic E-state index is 0.00833. The van der Waals surface area contributed by atoms with Gasteiger partial charge in [-0.1, -0.05) is 0 Å². The predicted octanol–water partition coefficient (Wildman–Crippen LogP) is 1.57. The van der Waals surface area contributed by atoms with Crippen LogP contribution in [0.4, 0.5) is 11.4 Å². The lowest BCUT2D eigenvalue weighted by atomic mass is 10.2. The van der Waals surface area contributed by atoms with Gasteiger partial charge in [-0.25, -0.2) is 0 Å². The van der Waals surface area contributed by atoms with Gasteiger partial charge in [0.1, 0.15) is 5.75 Å². The minimum Gasteiger partial charge on any atom is -0.496 e. The van der Waals surface area contributed by atoms with Gasteiger partial charge in [0.2, 0.25) is 11.7 Å². The van der Waals surface area contributed by atoms with E-state index in [1.807, 2.05) is 0 Å². The van der Waals surface area contributed by atoms with Gasteiger partial charge >= 0.3 is 5.69 Å². The lowest BCUT2D eigenvalue weighted by Crippen LogP contribution is -2.08. The molecule has 0 saturated carbocycles. The Morgan fingerprint density at radius 3 is 2.41 bits per heavy atom. The largest absolute Gasteiger partial charge is 0.496 e. The molecule has 1 amide bonds. The van der Waals surface area contributed by atoms with Crippen LogP contribution in [0.25, 0.3) is 0 Å². The van der Waals surface area contributed by atoms with E-state index in [4.69, 9.17) is 9.47 Å². The van der Waals surface area contributed by atoms with Crippen LogP contribution in [-0.2, 0) is 4.79 Å². The van der Waals surface area contributed by atoms with E-state index in [0.717, 1.165) is 0 Å². The van der Waals surface area contributed by atoms with E-state index in [1.165, 1.54) is 33.3 Å². The van der Waals surface area contributed by atoms with Crippen molar-refractivity contribution in [3.8, 4) is 11.5 Å². The molecule has 0 bridgehead atoms. The molecule has 0 aromatic heterocycles. The van der Waals surface area contributed by atoms with Gasteiger partial charge in [0.25, 0.3) is 0 Å². The van der Waals surface area contributed by atoms with Crippen molar-refractivity contribution >= 4 is 17.3 Å². The van der Waals surface area contributed by atoms with Gasteiger partial charge < -0.3 is 14.8 Å².